The van der Waals surface area contributed by atoms with E-state index in [2.05, 4.69) is 5.43 Å². The monoisotopic (exact) mass is 268 g/mol. The second kappa shape index (κ2) is 5.49. The third-order valence-corrected chi connectivity index (χ3v) is 3.20. The molecule has 5 N–H and O–H groups in total. The lowest BCUT2D eigenvalue weighted by Crippen LogP contribution is -2.23. The molecule has 2 atom stereocenters. The van der Waals surface area contributed by atoms with Crippen LogP contribution in [0.5, 0.6) is 0 Å². The van der Waals surface area contributed by atoms with Gasteiger partial charge in [-0.1, -0.05) is 12.1 Å². The topological polar surface area (TPSA) is 125 Å². The van der Waals surface area contributed by atoms with Gasteiger partial charge in [-0.3, -0.25) is 20.9 Å². The normalized spacial score (nSPS) is 23.5. The lowest BCUT2D eigenvalue weighted by Gasteiger charge is -2.17. The van der Waals surface area contributed by atoms with Crippen LogP contribution >= 0.6 is 0 Å². The van der Waals surface area contributed by atoms with Crippen molar-refractivity contribution in [2.24, 2.45) is 5.84 Å². The fourth-order valence-corrected chi connectivity index (χ4v) is 2.25. The second-order valence-corrected chi connectivity index (χ2v) is 4.54. The molecule has 8 heteroatoms. The molecule has 1 aromatic rings. The molecular weight excluding hydrogens is 252 g/mol. The first kappa shape index (κ1) is 13.7. The number of anilines is 1. The molecule has 104 valence electrons. The van der Waals surface area contributed by atoms with Gasteiger partial charge in [-0.15, -0.1) is 0 Å². The van der Waals surface area contributed by atoms with Gasteiger partial charge in [-0.25, -0.2) is 0 Å². The van der Waals surface area contributed by atoms with E-state index in [4.69, 9.17) is 5.84 Å². The van der Waals surface area contributed by atoms with Gasteiger partial charge in [0, 0.05) is 25.7 Å². The Morgan fingerprint density at radius 3 is 2.58 bits per heavy atom. The van der Waals surface area contributed by atoms with E-state index in [0.29, 0.717) is 25.2 Å². The van der Waals surface area contributed by atoms with Gasteiger partial charge in [-0.2, -0.15) is 0 Å². The summed E-state index contributed by atoms with van der Waals surface area (Å²) in [5.41, 5.74) is 3.16. The van der Waals surface area contributed by atoms with Crippen LogP contribution in [0.1, 0.15) is 5.56 Å². The molecule has 2 rings (SSSR count). The number of nitrogens with two attached hydrogens (primary N) is 1. The number of hydrogen-bond acceptors (Lipinski definition) is 7. The predicted molar refractivity (Wildman–Crippen MR) is 68.2 cm³/mol. The fourth-order valence-electron chi connectivity index (χ4n) is 2.25. The highest BCUT2D eigenvalue weighted by molar-refractivity contribution is 5.65. The van der Waals surface area contributed by atoms with Crippen molar-refractivity contribution in [2.45, 2.75) is 18.8 Å². The van der Waals surface area contributed by atoms with E-state index >= 15 is 0 Å². The van der Waals surface area contributed by atoms with Gasteiger partial charge in [0.05, 0.1) is 17.1 Å². The van der Waals surface area contributed by atoms with Crippen molar-refractivity contribution in [3.63, 3.8) is 0 Å². The molecule has 1 aliphatic rings. The van der Waals surface area contributed by atoms with Gasteiger partial charge in [0.2, 0.25) is 0 Å². The largest absolute Gasteiger partial charge is 0.389 e. The molecule has 1 heterocycles. The van der Waals surface area contributed by atoms with E-state index in [-0.39, 0.29) is 11.4 Å². The van der Waals surface area contributed by atoms with Crippen LogP contribution in [0.2, 0.25) is 0 Å². The molecule has 1 aliphatic heterocycles. The van der Waals surface area contributed by atoms with Crippen LogP contribution in [0, 0.1) is 10.1 Å². The summed E-state index contributed by atoms with van der Waals surface area (Å²) in [6.07, 6.45) is -1.57. The maximum Gasteiger partial charge on any atom is 0.293 e. The van der Waals surface area contributed by atoms with Gasteiger partial charge in [0.25, 0.3) is 5.69 Å². The van der Waals surface area contributed by atoms with Crippen molar-refractivity contribution in [1.82, 2.24) is 4.90 Å². The number of nitrogens with zero attached hydrogens (tertiary/aromatic N) is 2. The Balaban J connectivity index is 2.21. The summed E-state index contributed by atoms with van der Waals surface area (Å²) in [4.78, 5) is 12.2. The number of likely N-dealkylation sites (tertiary alicyclic amines) is 1. The highest BCUT2D eigenvalue weighted by Crippen LogP contribution is 2.29. The Morgan fingerprint density at radius 2 is 2.05 bits per heavy atom. The molecule has 0 aliphatic carbocycles. The van der Waals surface area contributed by atoms with E-state index in [0.717, 1.165) is 0 Å². The minimum Gasteiger partial charge on any atom is -0.389 e. The van der Waals surface area contributed by atoms with E-state index in [1.54, 1.807) is 12.1 Å². The highest BCUT2D eigenvalue weighted by atomic mass is 16.6. The van der Waals surface area contributed by atoms with Crippen molar-refractivity contribution >= 4 is 11.4 Å². The number of benzene rings is 1. The zero-order chi connectivity index (χ0) is 14.0. The van der Waals surface area contributed by atoms with Crippen molar-refractivity contribution in [2.75, 3.05) is 18.5 Å². The molecule has 0 aromatic heterocycles. The summed E-state index contributed by atoms with van der Waals surface area (Å²) < 4.78 is 0. The minimum atomic E-state index is -0.784. The van der Waals surface area contributed by atoms with E-state index in [1.807, 2.05) is 4.90 Å². The first-order valence-electron chi connectivity index (χ1n) is 5.84. The highest BCUT2D eigenvalue weighted by Gasteiger charge is 2.30. The predicted octanol–water partition coefficient (Wildman–Crippen LogP) is -0.582. The van der Waals surface area contributed by atoms with Gasteiger partial charge in [0.15, 0.2) is 0 Å². The third kappa shape index (κ3) is 2.82. The van der Waals surface area contributed by atoms with Crippen LogP contribution in [0.4, 0.5) is 11.4 Å². The lowest BCUT2D eigenvalue weighted by atomic mass is 10.1. The van der Waals surface area contributed by atoms with Gasteiger partial charge < -0.3 is 15.6 Å². The van der Waals surface area contributed by atoms with Gasteiger partial charge in [-0.05, 0) is 5.56 Å². The molecule has 19 heavy (non-hydrogen) atoms. The maximum absolute atomic E-state index is 10.9. The van der Waals surface area contributed by atoms with Crippen LogP contribution < -0.4 is 11.3 Å². The summed E-state index contributed by atoms with van der Waals surface area (Å²) in [5.74, 6) is 5.35. The average Bonchev–Trinajstić information content (AvgIpc) is 2.67. The molecule has 0 spiro atoms. The molecule has 0 radical (unpaired) electrons. The fraction of sp³-hybridized carbons (Fsp3) is 0.455. The molecular formula is C11H16N4O4. The van der Waals surface area contributed by atoms with Crippen LogP contribution in [-0.2, 0) is 6.54 Å². The summed E-state index contributed by atoms with van der Waals surface area (Å²) in [6, 6.07) is 4.67. The molecule has 1 aromatic carbocycles. The maximum atomic E-state index is 10.9. The number of nitro benzene ring substituents is 1. The minimum absolute atomic E-state index is 0.0970. The molecule has 1 saturated heterocycles. The number of rotatable bonds is 4. The number of aliphatic hydroxyl groups is 2. The van der Waals surface area contributed by atoms with Crippen molar-refractivity contribution in [1.29, 1.82) is 0 Å². The van der Waals surface area contributed by atoms with Crippen molar-refractivity contribution in [3.8, 4) is 0 Å². The SMILES string of the molecule is NNc1c(CN2CC(O)C(O)C2)cccc1[N+](=O)[O-]. The lowest BCUT2D eigenvalue weighted by molar-refractivity contribution is -0.384. The van der Waals surface area contributed by atoms with E-state index < -0.39 is 17.1 Å². The number of hydrogen-bond donors (Lipinski definition) is 4. The van der Waals surface area contributed by atoms with Crippen LogP contribution in [0.15, 0.2) is 18.2 Å². The number of para-hydroxylation sites is 1. The zero-order valence-corrected chi connectivity index (χ0v) is 10.2. The van der Waals surface area contributed by atoms with E-state index in [9.17, 15) is 20.3 Å². The summed E-state index contributed by atoms with van der Waals surface area (Å²) >= 11 is 0. The Labute approximate surface area is 109 Å². The Hall–Kier alpha value is -1.74. The number of nitrogens with one attached hydrogen (secondary N) is 1. The first-order chi connectivity index (χ1) is 9.02. The molecule has 0 amide bonds. The van der Waals surface area contributed by atoms with E-state index in [1.165, 1.54) is 6.07 Å². The van der Waals surface area contributed by atoms with Crippen LogP contribution in [0.3, 0.4) is 0 Å². The number of aliphatic hydroxyl groups excluding tert-OH is 2. The second-order valence-electron chi connectivity index (χ2n) is 4.54. The summed E-state index contributed by atoms with van der Waals surface area (Å²) in [6.45, 7) is 1.02. The smallest absolute Gasteiger partial charge is 0.293 e. The number of β-amino-alcohol motifs (C(OH)–C–C–N with tert-alkyl or cyclic N) is 2. The number of nitrogen functional groups attached to an aromatic ring is 1. The Morgan fingerprint density at radius 1 is 1.42 bits per heavy atom. The first-order valence-corrected chi connectivity index (χ1v) is 5.84. The zero-order valence-electron chi connectivity index (χ0n) is 10.2. The van der Waals surface area contributed by atoms with Crippen LogP contribution in [-0.4, -0.2) is 45.3 Å². The Bertz CT molecular complexity index is 472. The average molecular weight is 268 g/mol. The molecule has 8 nitrogen and oxygen atoms in total. The standard InChI is InChI=1S/C11H16N4O4/c12-13-11-7(2-1-3-8(11)15(18)19)4-14-5-9(16)10(17)6-14/h1-3,9-10,13,16-17H,4-6,12H2. The molecule has 0 saturated carbocycles. The summed E-state index contributed by atoms with van der Waals surface area (Å²) in [7, 11) is 0. The number of hydrazine groups is 1. The molecule has 1 fully saturated rings. The van der Waals surface area contributed by atoms with Gasteiger partial charge in [0.1, 0.15) is 5.69 Å². The molecule has 0 bridgehead atoms. The third-order valence-electron chi connectivity index (χ3n) is 3.20. The van der Waals surface area contributed by atoms with Crippen molar-refractivity contribution < 1.29 is 15.1 Å². The van der Waals surface area contributed by atoms with Gasteiger partial charge >= 0.3 is 0 Å². The van der Waals surface area contributed by atoms with Crippen LogP contribution in [0.25, 0.3) is 0 Å². The quantitative estimate of drug-likeness (QED) is 0.327. The van der Waals surface area contributed by atoms with Crippen molar-refractivity contribution in [3.05, 3.63) is 33.9 Å². The Kier molecular flexibility index (Phi) is 3.96. The summed E-state index contributed by atoms with van der Waals surface area (Å²) in [5, 5.41) is 29.8. The molecule has 2 unspecified atom stereocenters. The number of nitro groups is 1.